The zero-order valence-corrected chi connectivity index (χ0v) is 13.4. The molecule has 0 aliphatic heterocycles. The van der Waals surface area contributed by atoms with Gasteiger partial charge in [-0.25, -0.2) is 0 Å². The zero-order chi connectivity index (χ0) is 14.4. The van der Waals surface area contributed by atoms with Crippen LogP contribution in [0.15, 0.2) is 41.8 Å². The normalized spacial score (nSPS) is 12.1. The molecule has 20 heavy (non-hydrogen) atoms. The molecule has 106 valence electrons. The van der Waals surface area contributed by atoms with Crippen molar-refractivity contribution in [3.8, 4) is 0 Å². The van der Waals surface area contributed by atoms with E-state index in [9.17, 15) is 4.79 Å². The lowest BCUT2D eigenvalue weighted by Crippen LogP contribution is -2.27. The minimum absolute atomic E-state index is 0.0991. The molecule has 1 aromatic carbocycles. The molecule has 1 aromatic heterocycles. The number of thiophene rings is 1. The van der Waals surface area contributed by atoms with Crippen molar-refractivity contribution >= 4 is 29.0 Å². The van der Waals surface area contributed by atoms with Crippen LogP contribution >= 0.6 is 23.1 Å². The van der Waals surface area contributed by atoms with E-state index in [1.807, 2.05) is 18.4 Å². The van der Waals surface area contributed by atoms with E-state index in [-0.39, 0.29) is 11.9 Å². The van der Waals surface area contributed by atoms with Crippen LogP contribution in [0, 0.1) is 6.92 Å². The molecule has 4 heteroatoms. The van der Waals surface area contributed by atoms with E-state index in [4.69, 9.17) is 0 Å². The minimum atomic E-state index is 0.0991. The van der Waals surface area contributed by atoms with Crippen molar-refractivity contribution in [1.82, 2.24) is 5.32 Å². The first-order valence-corrected chi connectivity index (χ1v) is 8.64. The number of hydrogen-bond acceptors (Lipinski definition) is 3. The monoisotopic (exact) mass is 305 g/mol. The summed E-state index contributed by atoms with van der Waals surface area (Å²) in [6.45, 7) is 4.11. The van der Waals surface area contributed by atoms with Gasteiger partial charge in [0.15, 0.2) is 0 Å². The van der Waals surface area contributed by atoms with Crippen LogP contribution in [0.25, 0.3) is 0 Å². The van der Waals surface area contributed by atoms with Gasteiger partial charge in [-0.05, 0) is 30.9 Å². The van der Waals surface area contributed by atoms with Gasteiger partial charge in [0.1, 0.15) is 0 Å². The van der Waals surface area contributed by atoms with Crippen LogP contribution in [0.2, 0.25) is 0 Å². The molecule has 0 bridgehead atoms. The second kappa shape index (κ2) is 7.50. The molecule has 0 aliphatic carbocycles. The van der Waals surface area contributed by atoms with Gasteiger partial charge in [0.25, 0.3) is 0 Å². The number of amides is 1. The third-order valence-electron chi connectivity index (χ3n) is 2.93. The maximum absolute atomic E-state index is 11.9. The first-order chi connectivity index (χ1) is 9.65. The molecule has 0 aliphatic rings. The van der Waals surface area contributed by atoms with Crippen LogP contribution in [-0.2, 0) is 10.5 Å². The first-order valence-electron chi connectivity index (χ1n) is 6.61. The minimum Gasteiger partial charge on any atom is -0.348 e. The Morgan fingerprint density at radius 1 is 1.35 bits per heavy atom. The summed E-state index contributed by atoms with van der Waals surface area (Å²) in [5.74, 6) is 1.48. The van der Waals surface area contributed by atoms with Gasteiger partial charge >= 0.3 is 0 Å². The third-order valence-corrected chi connectivity index (χ3v) is 4.99. The van der Waals surface area contributed by atoms with E-state index < -0.39 is 0 Å². The summed E-state index contributed by atoms with van der Waals surface area (Å²) in [5, 5.41) is 5.06. The number of nitrogens with one attached hydrogen (secondary N) is 1. The maximum atomic E-state index is 11.9. The third kappa shape index (κ3) is 4.69. The molecule has 0 spiro atoms. The molecule has 1 N–H and O–H groups in total. The van der Waals surface area contributed by atoms with E-state index >= 15 is 0 Å². The molecule has 2 rings (SSSR count). The number of thioether (sulfide) groups is 1. The zero-order valence-electron chi connectivity index (χ0n) is 11.8. The molecular weight excluding hydrogens is 286 g/mol. The van der Waals surface area contributed by atoms with E-state index in [2.05, 4.69) is 42.6 Å². The van der Waals surface area contributed by atoms with Crippen LogP contribution in [0.3, 0.4) is 0 Å². The fraction of sp³-hybridized carbons (Fsp3) is 0.312. The van der Waals surface area contributed by atoms with Gasteiger partial charge in [0.05, 0.1) is 11.8 Å². The standard InChI is InChI=1S/C16H19NOS2/c1-12-5-3-6-14(9-12)10-19-11-16(18)17-13(2)15-7-4-8-20-15/h3-9,13H,10-11H2,1-2H3,(H,17,18). The Kier molecular flexibility index (Phi) is 5.68. The van der Waals surface area contributed by atoms with Crippen molar-refractivity contribution in [3.63, 3.8) is 0 Å². The van der Waals surface area contributed by atoms with Gasteiger partial charge in [0, 0.05) is 10.6 Å². The van der Waals surface area contributed by atoms with Gasteiger partial charge < -0.3 is 5.32 Å². The van der Waals surface area contributed by atoms with Crippen LogP contribution in [0.1, 0.15) is 29.0 Å². The molecular formula is C16H19NOS2. The highest BCUT2D eigenvalue weighted by molar-refractivity contribution is 7.99. The van der Waals surface area contributed by atoms with Crippen LogP contribution < -0.4 is 5.32 Å². The Morgan fingerprint density at radius 2 is 2.20 bits per heavy atom. The number of hydrogen-bond donors (Lipinski definition) is 1. The average Bonchev–Trinajstić information content (AvgIpc) is 2.92. The summed E-state index contributed by atoms with van der Waals surface area (Å²) in [7, 11) is 0. The summed E-state index contributed by atoms with van der Waals surface area (Å²) in [6, 6.07) is 12.6. The average molecular weight is 305 g/mol. The smallest absolute Gasteiger partial charge is 0.230 e. The van der Waals surface area contributed by atoms with E-state index in [1.54, 1.807) is 23.1 Å². The summed E-state index contributed by atoms with van der Waals surface area (Å²) >= 11 is 3.33. The van der Waals surface area contributed by atoms with Crippen molar-refractivity contribution in [1.29, 1.82) is 0 Å². The van der Waals surface area contributed by atoms with Crippen molar-refractivity contribution in [2.75, 3.05) is 5.75 Å². The fourth-order valence-corrected chi connectivity index (χ4v) is 3.48. The molecule has 1 heterocycles. The van der Waals surface area contributed by atoms with Crippen molar-refractivity contribution in [3.05, 3.63) is 57.8 Å². The van der Waals surface area contributed by atoms with Gasteiger partial charge in [-0.3, -0.25) is 4.79 Å². The lowest BCUT2D eigenvalue weighted by atomic mass is 10.2. The maximum Gasteiger partial charge on any atom is 0.230 e. The Morgan fingerprint density at radius 3 is 2.90 bits per heavy atom. The van der Waals surface area contributed by atoms with Crippen LogP contribution in [0.5, 0.6) is 0 Å². The number of rotatable bonds is 6. The van der Waals surface area contributed by atoms with Crippen LogP contribution in [-0.4, -0.2) is 11.7 Å². The highest BCUT2D eigenvalue weighted by atomic mass is 32.2. The van der Waals surface area contributed by atoms with Crippen LogP contribution in [0.4, 0.5) is 0 Å². The molecule has 2 aromatic rings. The van der Waals surface area contributed by atoms with Crippen molar-refractivity contribution < 1.29 is 4.79 Å². The first kappa shape index (κ1) is 15.1. The predicted octanol–water partition coefficient (Wildman–Crippen LogP) is 4.17. The Balaban J connectivity index is 1.73. The van der Waals surface area contributed by atoms with E-state index in [1.165, 1.54) is 16.0 Å². The predicted molar refractivity (Wildman–Crippen MR) is 88.2 cm³/mol. The molecule has 1 unspecified atom stereocenters. The number of benzene rings is 1. The highest BCUT2D eigenvalue weighted by Crippen LogP contribution is 2.18. The van der Waals surface area contributed by atoms with Gasteiger partial charge in [0.2, 0.25) is 5.91 Å². The summed E-state index contributed by atoms with van der Waals surface area (Å²) < 4.78 is 0. The van der Waals surface area contributed by atoms with Crippen molar-refractivity contribution in [2.45, 2.75) is 25.6 Å². The Labute approximate surface area is 128 Å². The van der Waals surface area contributed by atoms with Gasteiger partial charge in [-0.1, -0.05) is 35.9 Å². The molecule has 0 radical (unpaired) electrons. The molecule has 1 atom stereocenters. The molecule has 1 amide bonds. The quantitative estimate of drug-likeness (QED) is 0.868. The molecule has 0 fully saturated rings. The summed E-state index contributed by atoms with van der Waals surface area (Å²) in [5.41, 5.74) is 2.54. The second-order valence-corrected chi connectivity index (χ2v) is 6.75. The lowest BCUT2D eigenvalue weighted by Gasteiger charge is -2.12. The Bertz CT molecular complexity index is 551. The second-order valence-electron chi connectivity index (χ2n) is 4.79. The van der Waals surface area contributed by atoms with Gasteiger partial charge in [-0.2, -0.15) is 0 Å². The van der Waals surface area contributed by atoms with Crippen molar-refractivity contribution in [2.24, 2.45) is 0 Å². The summed E-state index contributed by atoms with van der Waals surface area (Å²) in [4.78, 5) is 13.1. The molecule has 2 nitrogen and oxygen atoms in total. The largest absolute Gasteiger partial charge is 0.348 e. The Hall–Kier alpha value is -1.26. The number of carbonyl (C=O) groups is 1. The van der Waals surface area contributed by atoms with E-state index in [0.717, 1.165) is 5.75 Å². The molecule has 0 saturated carbocycles. The topological polar surface area (TPSA) is 29.1 Å². The molecule has 0 saturated heterocycles. The van der Waals surface area contributed by atoms with Gasteiger partial charge in [-0.15, -0.1) is 23.1 Å². The number of aryl methyl sites for hydroxylation is 1. The summed E-state index contributed by atoms with van der Waals surface area (Å²) in [6.07, 6.45) is 0. The fourth-order valence-electron chi connectivity index (χ4n) is 1.96. The number of carbonyl (C=O) groups excluding carboxylic acids is 1. The lowest BCUT2D eigenvalue weighted by molar-refractivity contribution is -0.119. The highest BCUT2D eigenvalue weighted by Gasteiger charge is 2.10. The van der Waals surface area contributed by atoms with E-state index in [0.29, 0.717) is 5.75 Å². The SMILES string of the molecule is Cc1cccc(CSCC(=O)NC(C)c2cccs2)c1.